The fourth-order valence-corrected chi connectivity index (χ4v) is 7.44. The van der Waals surface area contributed by atoms with E-state index in [4.69, 9.17) is 5.73 Å². The van der Waals surface area contributed by atoms with Crippen molar-refractivity contribution in [3.63, 3.8) is 0 Å². The molecule has 25 heavy (non-hydrogen) atoms. The summed E-state index contributed by atoms with van der Waals surface area (Å²) in [5.41, 5.74) is 8.26. The molecule has 0 radical (unpaired) electrons. The van der Waals surface area contributed by atoms with E-state index in [0.717, 1.165) is 44.4 Å². The first-order valence-electron chi connectivity index (χ1n) is 10.1. The lowest BCUT2D eigenvalue weighted by atomic mass is 9.46. The van der Waals surface area contributed by atoms with Crippen molar-refractivity contribution in [3.05, 3.63) is 11.6 Å². The highest BCUT2D eigenvalue weighted by Gasteiger charge is 2.63. The summed E-state index contributed by atoms with van der Waals surface area (Å²) in [7, 11) is 0. The first-order chi connectivity index (χ1) is 11.2. The Morgan fingerprint density at radius 3 is 2.48 bits per heavy atom. The minimum absolute atomic E-state index is 0. The van der Waals surface area contributed by atoms with Crippen LogP contribution in [0, 0.1) is 28.6 Å². The molecule has 144 valence electrons. The van der Waals surface area contributed by atoms with E-state index in [1.165, 1.54) is 18.4 Å². The third kappa shape index (κ3) is 2.49. The summed E-state index contributed by atoms with van der Waals surface area (Å²) in [6.07, 6.45) is 10.5. The molecular weight excluding hydrogens is 334 g/mol. The van der Waals surface area contributed by atoms with Crippen LogP contribution in [0.3, 0.4) is 0 Å². The van der Waals surface area contributed by atoms with Gasteiger partial charge in [0.05, 0.1) is 12.2 Å². The molecule has 3 fully saturated rings. The van der Waals surface area contributed by atoms with Crippen molar-refractivity contribution < 1.29 is 10.2 Å². The Labute approximate surface area is 158 Å². The van der Waals surface area contributed by atoms with Gasteiger partial charge >= 0.3 is 0 Å². The lowest BCUT2D eigenvalue weighted by Crippen LogP contribution is -2.62. The molecule has 8 atom stereocenters. The number of aliphatic hydroxyl groups is 2. The number of allylic oxidation sites excluding steroid dienone is 1. The summed E-state index contributed by atoms with van der Waals surface area (Å²) in [6, 6.07) is 0. The fraction of sp³-hybridized carbons (Fsp3) is 0.905. The molecule has 0 amide bonds. The standard InChI is InChI=1S/C21H35NO2.ClH/c1-13(23)21(22)11-8-18-16-5-4-14-12-15(24)6-9-19(14,2)17(16)7-10-20(18,21)3;/h4,13,15-18,23-24H,5-12,22H2,1-3H3;1H. The third-order valence-corrected chi connectivity index (χ3v) is 9.15. The predicted octanol–water partition coefficient (Wildman–Crippen LogP) is 3.81. The molecule has 0 aromatic rings. The Kier molecular flexibility index (Phi) is 4.89. The normalized spacial score (nSPS) is 53.0. The third-order valence-electron chi connectivity index (χ3n) is 9.15. The van der Waals surface area contributed by atoms with Crippen LogP contribution in [-0.2, 0) is 0 Å². The molecule has 0 aliphatic heterocycles. The number of nitrogens with two attached hydrogens (primary N) is 1. The molecule has 4 heteroatoms. The van der Waals surface area contributed by atoms with Gasteiger partial charge in [-0.15, -0.1) is 12.4 Å². The van der Waals surface area contributed by atoms with E-state index in [1.54, 1.807) is 0 Å². The summed E-state index contributed by atoms with van der Waals surface area (Å²) in [6.45, 7) is 6.71. The summed E-state index contributed by atoms with van der Waals surface area (Å²) in [5.74, 6) is 2.08. The largest absolute Gasteiger partial charge is 0.393 e. The number of hydrogen-bond acceptors (Lipinski definition) is 3. The maximum Gasteiger partial charge on any atom is 0.0697 e. The Morgan fingerprint density at radius 2 is 1.80 bits per heavy atom. The van der Waals surface area contributed by atoms with Gasteiger partial charge in [0.25, 0.3) is 0 Å². The Balaban J connectivity index is 0.00000182. The molecule has 0 heterocycles. The van der Waals surface area contributed by atoms with Crippen LogP contribution in [0.2, 0.25) is 0 Å². The average Bonchev–Trinajstić information content (AvgIpc) is 2.81. The summed E-state index contributed by atoms with van der Waals surface area (Å²) in [4.78, 5) is 0. The van der Waals surface area contributed by atoms with Crippen LogP contribution < -0.4 is 5.73 Å². The average molecular weight is 370 g/mol. The topological polar surface area (TPSA) is 66.5 Å². The van der Waals surface area contributed by atoms with E-state index in [0.29, 0.717) is 11.8 Å². The Bertz CT molecular complexity index is 564. The fourth-order valence-electron chi connectivity index (χ4n) is 7.44. The van der Waals surface area contributed by atoms with E-state index in [2.05, 4.69) is 19.9 Å². The smallest absolute Gasteiger partial charge is 0.0697 e. The van der Waals surface area contributed by atoms with E-state index < -0.39 is 11.6 Å². The first-order valence-corrected chi connectivity index (χ1v) is 10.1. The quantitative estimate of drug-likeness (QED) is 0.615. The molecule has 0 spiro atoms. The summed E-state index contributed by atoms with van der Waals surface area (Å²) < 4.78 is 0. The minimum Gasteiger partial charge on any atom is -0.393 e. The molecule has 0 saturated heterocycles. The van der Waals surface area contributed by atoms with Gasteiger partial charge in [-0.2, -0.15) is 0 Å². The van der Waals surface area contributed by atoms with Crippen LogP contribution in [0.4, 0.5) is 0 Å². The van der Waals surface area contributed by atoms with Crippen molar-refractivity contribution >= 4 is 12.4 Å². The van der Waals surface area contributed by atoms with E-state index in [-0.39, 0.29) is 29.3 Å². The molecule has 4 N–H and O–H groups in total. The lowest BCUT2D eigenvalue weighted by Gasteiger charge is -2.59. The van der Waals surface area contributed by atoms with Gasteiger partial charge in [-0.25, -0.2) is 0 Å². The van der Waals surface area contributed by atoms with Gasteiger partial charge in [-0.1, -0.05) is 25.5 Å². The van der Waals surface area contributed by atoms with Gasteiger partial charge < -0.3 is 15.9 Å². The highest BCUT2D eigenvalue weighted by Crippen LogP contribution is 2.67. The van der Waals surface area contributed by atoms with Crippen LogP contribution in [0.15, 0.2) is 11.6 Å². The van der Waals surface area contributed by atoms with Crippen molar-refractivity contribution in [2.24, 2.45) is 34.3 Å². The van der Waals surface area contributed by atoms with Crippen molar-refractivity contribution in [1.82, 2.24) is 0 Å². The summed E-state index contributed by atoms with van der Waals surface area (Å²) >= 11 is 0. The van der Waals surface area contributed by atoms with Crippen molar-refractivity contribution in [2.75, 3.05) is 0 Å². The van der Waals surface area contributed by atoms with Gasteiger partial charge in [0.1, 0.15) is 0 Å². The first kappa shape index (κ1) is 19.7. The zero-order chi connectivity index (χ0) is 17.3. The molecule has 0 aromatic carbocycles. The molecule has 4 aliphatic rings. The van der Waals surface area contributed by atoms with Crippen LogP contribution in [0.5, 0.6) is 0 Å². The highest BCUT2D eigenvalue weighted by atomic mass is 35.5. The molecule has 8 unspecified atom stereocenters. The van der Waals surface area contributed by atoms with Gasteiger partial charge in [0.15, 0.2) is 0 Å². The Hall–Kier alpha value is -0.0900. The van der Waals surface area contributed by atoms with E-state index in [9.17, 15) is 10.2 Å². The van der Waals surface area contributed by atoms with Crippen molar-refractivity contribution in [2.45, 2.75) is 89.9 Å². The van der Waals surface area contributed by atoms with Gasteiger partial charge in [-0.3, -0.25) is 0 Å². The number of rotatable bonds is 1. The number of fused-ring (bicyclic) bond motifs is 5. The second-order valence-corrected chi connectivity index (χ2v) is 9.87. The minimum atomic E-state index is -0.431. The van der Waals surface area contributed by atoms with Gasteiger partial charge in [0.2, 0.25) is 0 Å². The molecule has 0 bridgehead atoms. The zero-order valence-corrected chi connectivity index (χ0v) is 16.8. The second kappa shape index (κ2) is 6.22. The monoisotopic (exact) mass is 369 g/mol. The van der Waals surface area contributed by atoms with Gasteiger partial charge in [0, 0.05) is 5.54 Å². The molecule has 4 rings (SSSR count). The molecule has 3 saturated carbocycles. The SMILES string of the molecule is CC(O)C1(N)CCC2C3CC=C4CC(O)CCC4(C)C3CCC21C.Cl. The number of hydrogen-bond donors (Lipinski definition) is 3. The number of halogens is 1. The molecule has 4 aliphatic carbocycles. The second-order valence-electron chi connectivity index (χ2n) is 9.87. The van der Waals surface area contributed by atoms with Crippen LogP contribution in [-0.4, -0.2) is 28.0 Å². The molecule has 0 aromatic heterocycles. The maximum absolute atomic E-state index is 10.4. The lowest BCUT2D eigenvalue weighted by molar-refractivity contribution is -0.0778. The van der Waals surface area contributed by atoms with Crippen LogP contribution in [0.25, 0.3) is 0 Å². The zero-order valence-electron chi connectivity index (χ0n) is 16.0. The summed E-state index contributed by atoms with van der Waals surface area (Å²) in [5, 5.41) is 20.5. The highest BCUT2D eigenvalue weighted by molar-refractivity contribution is 5.85. The Morgan fingerprint density at radius 1 is 1.12 bits per heavy atom. The van der Waals surface area contributed by atoms with E-state index >= 15 is 0 Å². The molecular formula is C21H36ClNO2. The van der Waals surface area contributed by atoms with Crippen LogP contribution in [0.1, 0.15) is 72.1 Å². The van der Waals surface area contributed by atoms with Crippen molar-refractivity contribution in [1.29, 1.82) is 0 Å². The molecule has 3 nitrogen and oxygen atoms in total. The van der Waals surface area contributed by atoms with Crippen LogP contribution >= 0.6 is 12.4 Å². The predicted molar refractivity (Wildman–Crippen MR) is 104 cm³/mol. The van der Waals surface area contributed by atoms with Crippen molar-refractivity contribution in [3.8, 4) is 0 Å². The number of aliphatic hydroxyl groups excluding tert-OH is 2. The van der Waals surface area contributed by atoms with Gasteiger partial charge in [-0.05, 0) is 86.9 Å². The maximum atomic E-state index is 10.4. The van der Waals surface area contributed by atoms with E-state index in [1.807, 2.05) is 6.92 Å².